The first-order chi connectivity index (χ1) is 12.6. The molecule has 0 bridgehead atoms. The first kappa shape index (κ1) is 18.2. The van der Waals surface area contributed by atoms with Crippen LogP contribution in [0.1, 0.15) is 21.5 Å². The largest absolute Gasteiger partial charge is 0.366 e. The van der Waals surface area contributed by atoms with Crippen molar-refractivity contribution in [3.8, 4) is 11.1 Å². The van der Waals surface area contributed by atoms with Gasteiger partial charge >= 0.3 is 0 Å². The fourth-order valence-electron chi connectivity index (χ4n) is 2.78. The molecule has 4 heteroatoms. The Labute approximate surface area is 158 Å². The molecule has 0 aliphatic rings. The molecule has 0 fully saturated rings. The fraction of sp³-hybridized carbons (Fsp3) is 0.136. The summed E-state index contributed by atoms with van der Waals surface area (Å²) in [6.45, 7) is 1.72. The molecule has 0 unspecified atom stereocenters. The molecule has 0 saturated heterocycles. The molecule has 0 aliphatic heterocycles. The molecular formula is C22H21ClN2O. The molecule has 3 N–H and O–H groups in total. The van der Waals surface area contributed by atoms with Crippen LogP contribution >= 0.6 is 11.6 Å². The van der Waals surface area contributed by atoms with Gasteiger partial charge in [0.1, 0.15) is 0 Å². The number of hydrogen-bond donors (Lipinski definition) is 2. The zero-order valence-electron chi connectivity index (χ0n) is 14.4. The fourth-order valence-corrected chi connectivity index (χ4v) is 2.91. The number of halogens is 1. The van der Waals surface area contributed by atoms with Crippen LogP contribution in [0, 0.1) is 0 Å². The van der Waals surface area contributed by atoms with E-state index in [-0.39, 0.29) is 0 Å². The summed E-state index contributed by atoms with van der Waals surface area (Å²) < 4.78 is 0. The van der Waals surface area contributed by atoms with Crippen molar-refractivity contribution in [3.63, 3.8) is 0 Å². The zero-order chi connectivity index (χ0) is 18.4. The molecule has 0 heterocycles. The topological polar surface area (TPSA) is 55.1 Å². The molecule has 3 aromatic carbocycles. The van der Waals surface area contributed by atoms with Crippen LogP contribution in [-0.4, -0.2) is 12.5 Å². The van der Waals surface area contributed by atoms with Gasteiger partial charge in [0.15, 0.2) is 0 Å². The number of carbonyl (C=O) groups is 1. The molecule has 26 heavy (non-hydrogen) atoms. The summed E-state index contributed by atoms with van der Waals surface area (Å²) >= 11 is 5.90. The van der Waals surface area contributed by atoms with Crippen LogP contribution in [0.25, 0.3) is 11.1 Å². The van der Waals surface area contributed by atoms with Crippen molar-refractivity contribution in [3.05, 3.63) is 94.5 Å². The van der Waals surface area contributed by atoms with E-state index in [2.05, 4.69) is 41.7 Å². The number of benzene rings is 3. The highest BCUT2D eigenvalue weighted by molar-refractivity contribution is 6.30. The van der Waals surface area contributed by atoms with Crippen molar-refractivity contribution < 1.29 is 4.79 Å². The number of carbonyl (C=O) groups excluding carboxylic acids is 1. The lowest BCUT2D eigenvalue weighted by molar-refractivity contribution is 0.100. The van der Waals surface area contributed by atoms with Gasteiger partial charge in [0.05, 0.1) is 0 Å². The minimum absolute atomic E-state index is 0.409. The van der Waals surface area contributed by atoms with E-state index < -0.39 is 5.91 Å². The Balaban J connectivity index is 1.53. The maximum absolute atomic E-state index is 11.3. The summed E-state index contributed by atoms with van der Waals surface area (Å²) in [6, 6.07) is 23.7. The SMILES string of the molecule is NC(=O)c1cccc(-c2ccc(CNCCc3ccc(Cl)cc3)cc2)c1. The van der Waals surface area contributed by atoms with Crippen molar-refractivity contribution in [1.29, 1.82) is 0 Å². The van der Waals surface area contributed by atoms with E-state index in [0.717, 1.165) is 35.7 Å². The lowest BCUT2D eigenvalue weighted by Crippen LogP contribution is -2.16. The van der Waals surface area contributed by atoms with Gasteiger partial charge in [-0.25, -0.2) is 0 Å². The standard InChI is InChI=1S/C22H21ClN2O/c23-21-10-6-16(7-11-21)12-13-25-15-17-4-8-18(9-5-17)19-2-1-3-20(14-19)22(24)26/h1-11,14,25H,12-13,15H2,(H2,24,26). The number of hydrogen-bond acceptors (Lipinski definition) is 2. The van der Waals surface area contributed by atoms with Crippen molar-refractivity contribution in [2.24, 2.45) is 5.73 Å². The summed E-state index contributed by atoms with van der Waals surface area (Å²) in [4.78, 5) is 11.3. The number of nitrogens with one attached hydrogen (secondary N) is 1. The van der Waals surface area contributed by atoms with Crippen LogP contribution < -0.4 is 11.1 Å². The van der Waals surface area contributed by atoms with Gasteiger partial charge in [-0.2, -0.15) is 0 Å². The Morgan fingerprint density at radius 2 is 1.58 bits per heavy atom. The van der Waals surface area contributed by atoms with Crippen LogP contribution in [0.5, 0.6) is 0 Å². The predicted molar refractivity (Wildman–Crippen MR) is 107 cm³/mol. The minimum atomic E-state index is -0.409. The minimum Gasteiger partial charge on any atom is -0.366 e. The molecule has 3 nitrogen and oxygen atoms in total. The smallest absolute Gasteiger partial charge is 0.248 e. The Hall–Kier alpha value is -2.62. The quantitative estimate of drug-likeness (QED) is 0.609. The van der Waals surface area contributed by atoms with Crippen LogP contribution in [0.4, 0.5) is 0 Å². The van der Waals surface area contributed by atoms with Gasteiger partial charge in [0.2, 0.25) is 5.91 Å². The molecule has 3 rings (SSSR count). The third-order valence-corrected chi connectivity index (χ3v) is 4.52. The Kier molecular flexibility index (Phi) is 6.05. The summed E-state index contributed by atoms with van der Waals surface area (Å²) in [5, 5.41) is 4.22. The van der Waals surface area contributed by atoms with E-state index in [9.17, 15) is 4.79 Å². The predicted octanol–water partition coefficient (Wildman–Crippen LogP) is 4.44. The van der Waals surface area contributed by atoms with Crippen molar-refractivity contribution in [2.75, 3.05) is 6.54 Å². The van der Waals surface area contributed by atoms with E-state index in [1.165, 1.54) is 11.1 Å². The lowest BCUT2D eigenvalue weighted by Gasteiger charge is -2.08. The summed E-state index contributed by atoms with van der Waals surface area (Å²) in [7, 11) is 0. The average molecular weight is 365 g/mol. The van der Waals surface area contributed by atoms with Gasteiger partial charge < -0.3 is 11.1 Å². The molecule has 0 atom stereocenters. The van der Waals surface area contributed by atoms with Gasteiger partial charge in [-0.3, -0.25) is 4.79 Å². The van der Waals surface area contributed by atoms with E-state index in [4.69, 9.17) is 17.3 Å². The van der Waals surface area contributed by atoms with E-state index >= 15 is 0 Å². The van der Waals surface area contributed by atoms with Gasteiger partial charge in [0, 0.05) is 17.1 Å². The maximum Gasteiger partial charge on any atom is 0.248 e. The molecule has 3 aromatic rings. The Bertz CT molecular complexity index is 873. The number of nitrogens with two attached hydrogens (primary N) is 1. The number of primary amides is 1. The van der Waals surface area contributed by atoms with Gasteiger partial charge in [0.25, 0.3) is 0 Å². The highest BCUT2D eigenvalue weighted by Crippen LogP contribution is 2.21. The van der Waals surface area contributed by atoms with E-state index in [1.807, 2.05) is 30.3 Å². The van der Waals surface area contributed by atoms with E-state index in [1.54, 1.807) is 6.07 Å². The van der Waals surface area contributed by atoms with Crippen LogP contribution in [0.2, 0.25) is 5.02 Å². The molecule has 0 aromatic heterocycles. The summed E-state index contributed by atoms with van der Waals surface area (Å²) in [5.41, 5.74) is 10.4. The molecule has 1 amide bonds. The highest BCUT2D eigenvalue weighted by Gasteiger charge is 2.03. The molecular weight excluding hydrogens is 344 g/mol. The second kappa shape index (κ2) is 8.65. The lowest BCUT2D eigenvalue weighted by atomic mass is 10.0. The average Bonchev–Trinajstić information content (AvgIpc) is 2.67. The molecule has 132 valence electrons. The summed E-state index contributed by atoms with van der Waals surface area (Å²) in [6.07, 6.45) is 0.967. The zero-order valence-corrected chi connectivity index (χ0v) is 15.2. The normalized spacial score (nSPS) is 10.7. The van der Waals surface area contributed by atoms with Gasteiger partial charge in [-0.15, -0.1) is 0 Å². The number of amides is 1. The summed E-state index contributed by atoms with van der Waals surface area (Å²) in [5.74, 6) is -0.409. The molecule has 0 radical (unpaired) electrons. The molecule has 0 saturated carbocycles. The van der Waals surface area contributed by atoms with E-state index in [0.29, 0.717) is 5.56 Å². The Morgan fingerprint density at radius 1 is 0.885 bits per heavy atom. The van der Waals surface area contributed by atoms with Crippen molar-refractivity contribution >= 4 is 17.5 Å². The molecule has 0 aliphatic carbocycles. The first-order valence-electron chi connectivity index (χ1n) is 8.56. The van der Waals surface area contributed by atoms with Gasteiger partial charge in [-0.05, 0) is 59.5 Å². The monoisotopic (exact) mass is 364 g/mol. The third kappa shape index (κ3) is 4.94. The maximum atomic E-state index is 11.3. The molecule has 0 spiro atoms. The first-order valence-corrected chi connectivity index (χ1v) is 8.94. The Morgan fingerprint density at radius 3 is 2.27 bits per heavy atom. The van der Waals surface area contributed by atoms with Crippen molar-refractivity contribution in [2.45, 2.75) is 13.0 Å². The van der Waals surface area contributed by atoms with Crippen molar-refractivity contribution in [1.82, 2.24) is 5.32 Å². The highest BCUT2D eigenvalue weighted by atomic mass is 35.5. The van der Waals surface area contributed by atoms with Crippen LogP contribution in [0.15, 0.2) is 72.8 Å². The van der Waals surface area contributed by atoms with Gasteiger partial charge in [-0.1, -0.05) is 60.1 Å². The third-order valence-electron chi connectivity index (χ3n) is 4.27. The second-order valence-electron chi connectivity index (χ2n) is 6.20. The number of rotatable bonds is 7. The van der Waals surface area contributed by atoms with Crippen LogP contribution in [-0.2, 0) is 13.0 Å². The second-order valence-corrected chi connectivity index (χ2v) is 6.63. The van der Waals surface area contributed by atoms with Crippen LogP contribution in [0.3, 0.4) is 0 Å².